The first-order chi connectivity index (χ1) is 18.2. The van der Waals surface area contributed by atoms with E-state index in [-0.39, 0.29) is 29.9 Å². The third-order valence-electron chi connectivity index (χ3n) is 8.65. The van der Waals surface area contributed by atoms with Crippen LogP contribution in [0.2, 0.25) is 0 Å². The fourth-order valence-electron chi connectivity index (χ4n) is 6.63. The molecule has 3 heterocycles. The summed E-state index contributed by atoms with van der Waals surface area (Å²) in [6, 6.07) is 5.08. The Bertz CT molecular complexity index is 1110. The van der Waals surface area contributed by atoms with E-state index >= 15 is 0 Å². The molecule has 2 bridgehead atoms. The summed E-state index contributed by atoms with van der Waals surface area (Å²) in [7, 11) is 0. The van der Waals surface area contributed by atoms with Crippen molar-refractivity contribution < 1.29 is 23.9 Å². The number of carbonyl (C=O) groups excluding carboxylic acids is 3. The number of nitrogens with zero attached hydrogens (tertiary/aromatic N) is 1. The van der Waals surface area contributed by atoms with Crippen LogP contribution in [0.15, 0.2) is 30.4 Å². The van der Waals surface area contributed by atoms with Gasteiger partial charge in [0.1, 0.15) is 11.6 Å². The maximum Gasteiger partial charge on any atom is 0.246 e. The van der Waals surface area contributed by atoms with Crippen LogP contribution in [0.5, 0.6) is 0 Å². The van der Waals surface area contributed by atoms with Crippen molar-refractivity contribution in [2.75, 3.05) is 18.5 Å². The van der Waals surface area contributed by atoms with Gasteiger partial charge in [0.25, 0.3) is 0 Å². The lowest BCUT2D eigenvalue weighted by Crippen LogP contribution is -2.56. The Morgan fingerprint density at radius 3 is 2.61 bits per heavy atom. The van der Waals surface area contributed by atoms with Crippen molar-refractivity contribution in [2.45, 2.75) is 96.1 Å². The molecule has 0 aromatic heterocycles. The number of fused-ring (bicyclic) bond motifs is 1. The van der Waals surface area contributed by atoms with Crippen LogP contribution in [-0.4, -0.2) is 65.7 Å². The molecule has 2 N–H and O–H groups in total. The monoisotopic (exact) mass is 523 g/mol. The second kappa shape index (κ2) is 10.8. The Labute approximate surface area is 225 Å². The Balaban J connectivity index is 1.39. The topological polar surface area (TPSA) is 97.0 Å². The third-order valence-corrected chi connectivity index (χ3v) is 8.65. The molecule has 8 nitrogen and oxygen atoms in total. The molecule has 5 atom stereocenters. The molecule has 3 aliphatic heterocycles. The van der Waals surface area contributed by atoms with Gasteiger partial charge in [-0.3, -0.25) is 14.4 Å². The molecular weight excluding hydrogens is 482 g/mol. The highest BCUT2D eigenvalue weighted by Gasteiger charge is 2.72. The van der Waals surface area contributed by atoms with Crippen LogP contribution >= 0.6 is 0 Å². The van der Waals surface area contributed by atoms with E-state index in [1.165, 1.54) is 6.42 Å². The number of aryl methyl sites for hydroxylation is 2. The van der Waals surface area contributed by atoms with E-state index in [2.05, 4.69) is 10.6 Å². The number of likely N-dealkylation sites (tertiary alicyclic amines) is 1. The minimum absolute atomic E-state index is 0.0907. The zero-order chi connectivity index (χ0) is 27.0. The Morgan fingerprint density at radius 1 is 1.13 bits per heavy atom. The molecule has 1 aromatic carbocycles. The van der Waals surface area contributed by atoms with Gasteiger partial charge in [0.15, 0.2) is 0 Å². The van der Waals surface area contributed by atoms with Crippen molar-refractivity contribution in [1.29, 1.82) is 0 Å². The fourth-order valence-corrected chi connectivity index (χ4v) is 6.63. The fraction of sp³-hybridized carbons (Fsp3) is 0.633. The van der Waals surface area contributed by atoms with Gasteiger partial charge < -0.3 is 25.0 Å². The molecule has 8 heteroatoms. The van der Waals surface area contributed by atoms with Crippen molar-refractivity contribution in [2.24, 2.45) is 11.8 Å². The van der Waals surface area contributed by atoms with Crippen molar-refractivity contribution in [3.63, 3.8) is 0 Å². The van der Waals surface area contributed by atoms with Gasteiger partial charge in [-0.15, -0.1) is 0 Å². The zero-order valence-electron chi connectivity index (χ0n) is 23.0. The quantitative estimate of drug-likeness (QED) is 0.380. The normalized spacial score (nSPS) is 30.2. The van der Waals surface area contributed by atoms with Gasteiger partial charge in [-0.05, 0) is 70.2 Å². The second-order valence-electron chi connectivity index (χ2n) is 11.6. The number of rotatable bonds is 9. The Hall–Kier alpha value is -2.71. The minimum atomic E-state index is -1.13. The number of ether oxygens (including phenoxy) is 2. The van der Waals surface area contributed by atoms with Crippen LogP contribution in [0.25, 0.3) is 0 Å². The van der Waals surface area contributed by atoms with Gasteiger partial charge in [-0.1, -0.05) is 37.5 Å². The Kier molecular flexibility index (Phi) is 7.65. The summed E-state index contributed by atoms with van der Waals surface area (Å²) in [6.45, 7) is 8.84. The zero-order valence-corrected chi connectivity index (χ0v) is 23.0. The molecule has 4 aliphatic rings. The van der Waals surface area contributed by atoms with Crippen molar-refractivity contribution in [3.8, 4) is 0 Å². The summed E-state index contributed by atoms with van der Waals surface area (Å²) in [6.07, 6.45) is 9.17. The standard InChI is InChI=1S/C30H41N3O5/c1-18(2)37-16-8-15-33-26(28(35)31-21-9-6-5-7-10-21)30-14-13-23(38-30)24(25(30)29(33)36)27(34)32-22-12-11-19(3)20(4)17-22/h11-14,17-18,21,23-26H,5-10,15-16H2,1-4H3,(H,31,35)(H,32,34)/t23-,24-,25-,26-,30-/m1/s1. The molecular formula is C30H41N3O5. The molecule has 1 aromatic rings. The summed E-state index contributed by atoms with van der Waals surface area (Å²) >= 11 is 0. The van der Waals surface area contributed by atoms with E-state index in [1.54, 1.807) is 4.90 Å². The highest BCUT2D eigenvalue weighted by atomic mass is 16.5. The number of hydrogen-bond donors (Lipinski definition) is 2. The van der Waals surface area contributed by atoms with Crippen LogP contribution < -0.4 is 10.6 Å². The van der Waals surface area contributed by atoms with Crippen molar-refractivity contribution in [3.05, 3.63) is 41.5 Å². The van der Waals surface area contributed by atoms with Gasteiger partial charge >= 0.3 is 0 Å². The van der Waals surface area contributed by atoms with Gasteiger partial charge in [-0.2, -0.15) is 0 Å². The average Bonchev–Trinajstić information content (AvgIpc) is 3.52. The first-order valence-corrected chi connectivity index (χ1v) is 14.2. The first kappa shape index (κ1) is 26.9. The van der Waals surface area contributed by atoms with E-state index < -0.39 is 29.6 Å². The summed E-state index contributed by atoms with van der Waals surface area (Å²) in [5.41, 5.74) is 1.78. The highest BCUT2D eigenvalue weighted by molar-refractivity contribution is 6.02. The lowest BCUT2D eigenvalue weighted by molar-refractivity contribution is -0.141. The minimum Gasteiger partial charge on any atom is -0.379 e. The summed E-state index contributed by atoms with van der Waals surface area (Å²) < 4.78 is 12.1. The number of anilines is 1. The molecule has 3 fully saturated rings. The molecule has 5 rings (SSSR count). The smallest absolute Gasteiger partial charge is 0.246 e. The van der Waals surface area contributed by atoms with Gasteiger partial charge in [0.05, 0.1) is 24.0 Å². The average molecular weight is 524 g/mol. The molecule has 0 unspecified atom stereocenters. The van der Waals surface area contributed by atoms with Gasteiger partial charge in [0, 0.05) is 24.9 Å². The van der Waals surface area contributed by atoms with Crippen molar-refractivity contribution >= 4 is 23.4 Å². The third kappa shape index (κ3) is 4.89. The second-order valence-corrected chi connectivity index (χ2v) is 11.6. The van der Waals surface area contributed by atoms with E-state index in [0.717, 1.165) is 36.8 Å². The molecule has 1 saturated carbocycles. The highest BCUT2D eigenvalue weighted by Crippen LogP contribution is 2.55. The van der Waals surface area contributed by atoms with Crippen molar-refractivity contribution in [1.82, 2.24) is 10.2 Å². The molecule has 1 aliphatic carbocycles. The lowest BCUT2D eigenvalue weighted by Gasteiger charge is -2.34. The summed E-state index contributed by atoms with van der Waals surface area (Å²) in [5, 5.41) is 6.24. The van der Waals surface area contributed by atoms with E-state index in [9.17, 15) is 14.4 Å². The van der Waals surface area contributed by atoms with Crippen LogP contribution in [0.4, 0.5) is 5.69 Å². The number of carbonyl (C=O) groups is 3. The molecule has 0 radical (unpaired) electrons. The predicted octanol–water partition coefficient (Wildman–Crippen LogP) is 3.66. The summed E-state index contributed by atoms with van der Waals surface area (Å²) in [5.74, 6) is -2.06. The summed E-state index contributed by atoms with van der Waals surface area (Å²) in [4.78, 5) is 43.1. The number of benzene rings is 1. The van der Waals surface area contributed by atoms with Crippen LogP contribution in [0, 0.1) is 25.7 Å². The van der Waals surface area contributed by atoms with E-state index in [4.69, 9.17) is 9.47 Å². The first-order valence-electron chi connectivity index (χ1n) is 14.2. The molecule has 38 heavy (non-hydrogen) atoms. The number of amides is 3. The maximum atomic E-state index is 14.0. The molecule has 3 amide bonds. The maximum absolute atomic E-state index is 14.0. The largest absolute Gasteiger partial charge is 0.379 e. The van der Waals surface area contributed by atoms with Gasteiger partial charge in [0.2, 0.25) is 17.7 Å². The van der Waals surface area contributed by atoms with Crippen LogP contribution in [0.1, 0.15) is 63.5 Å². The molecule has 206 valence electrons. The number of hydrogen-bond acceptors (Lipinski definition) is 5. The molecule has 1 spiro atoms. The SMILES string of the molecule is Cc1ccc(NC(=O)[C@@H]2[C@H]3C=C[C@@]4(O3)[C@H]2C(=O)N(CCCOC(C)C)[C@@H]4C(=O)NC2CCCCC2)cc1C. The predicted molar refractivity (Wildman–Crippen MR) is 144 cm³/mol. The lowest BCUT2D eigenvalue weighted by atomic mass is 9.74. The van der Waals surface area contributed by atoms with E-state index in [0.29, 0.717) is 25.3 Å². The Morgan fingerprint density at radius 2 is 1.89 bits per heavy atom. The number of nitrogens with one attached hydrogen (secondary N) is 2. The van der Waals surface area contributed by atoms with E-state index in [1.807, 2.05) is 58.0 Å². The van der Waals surface area contributed by atoms with Gasteiger partial charge in [-0.25, -0.2) is 0 Å². The van der Waals surface area contributed by atoms with Crippen LogP contribution in [-0.2, 0) is 23.9 Å². The molecule has 2 saturated heterocycles. The van der Waals surface area contributed by atoms with Crippen LogP contribution in [0.3, 0.4) is 0 Å².